The number of nitrogens with one attached hydrogen (secondary N) is 1. The highest BCUT2D eigenvalue weighted by Gasteiger charge is 2.50. The van der Waals surface area contributed by atoms with E-state index in [-0.39, 0.29) is 11.5 Å². The van der Waals surface area contributed by atoms with Gasteiger partial charge in [-0.25, -0.2) is 19.7 Å². The number of amides is 3. The van der Waals surface area contributed by atoms with Crippen molar-refractivity contribution in [3.8, 4) is 17.4 Å². The van der Waals surface area contributed by atoms with Gasteiger partial charge in [0.1, 0.15) is 17.6 Å². The summed E-state index contributed by atoms with van der Waals surface area (Å²) in [4.78, 5) is 35.7. The molecule has 0 unspecified atom stereocenters. The quantitative estimate of drug-likeness (QED) is 0.790. The molecule has 0 spiro atoms. The predicted molar refractivity (Wildman–Crippen MR) is 88.0 cm³/mol. The van der Waals surface area contributed by atoms with Crippen LogP contribution in [0.15, 0.2) is 24.8 Å². The summed E-state index contributed by atoms with van der Waals surface area (Å²) >= 11 is 0. The van der Waals surface area contributed by atoms with E-state index in [2.05, 4.69) is 20.3 Å². The molecule has 3 amide bonds. The molecular weight excluding hydrogens is 383 g/mol. The van der Waals surface area contributed by atoms with E-state index in [1.54, 1.807) is 0 Å². The maximum absolute atomic E-state index is 13.8. The van der Waals surface area contributed by atoms with E-state index in [1.807, 2.05) is 0 Å². The van der Waals surface area contributed by atoms with Crippen molar-refractivity contribution >= 4 is 17.8 Å². The number of rotatable bonds is 4. The van der Waals surface area contributed by atoms with Crippen molar-refractivity contribution in [1.29, 1.82) is 0 Å². The molecule has 0 radical (unpaired) electrons. The highest BCUT2D eigenvalue weighted by molar-refractivity contribution is 6.22. The van der Waals surface area contributed by atoms with E-state index in [4.69, 9.17) is 9.47 Å². The van der Waals surface area contributed by atoms with Crippen LogP contribution in [0, 0.1) is 0 Å². The normalized spacial score (nSPS) is 16.1. The highest BCUT2D eigenvalue weighted by Crippen LogP contribution is 2.43. The molecule has 2 aromatic heterocycles. The molecule has 0 saturated carbocycles. The van der Waals surface area contributed by atoms with Gasteiger partial charge in [0, 0.05) is 6.07 Å². The van der Waals surface area contributed by atoms with Gasteiger partial charge in [0.05, 0.1) is 19.5 Å². The first kappa shape index (κ1) is 19.3. The molecule has 1 fully saturated rings. The summed E-state index contributed by atoms with van der Waals surface area (Å²) in [5.74, 6) is -2.56. The van der Waals surface area contributed by atoms with Crippen LogP contribution in [-0.4, -0.2) is 39.5 Å². The van der Waals surface area contributed by atoms with Crippen molar-refractivity contribution in [2.24, 2.45) is 0 Å². The fraction of sp³-hybridized carbons (Fsp3) is 0.312. The predicted octanol–water partition coefficient (Wildman–Crippen LogP) is 2.53. The number of aromatic nitrogens is 3. The smallest absolute Gasteiger partial charge is 0.425 e. The van der Waals surface area contributed by atoms with Gasteiger partial charge in [-0.3, -0.25) is 9.78 Å². The van der Waals surface area contributed by atoms with E-state index in [0.717, 1.165) is 12.5 Å². The van der Waals surface area contributed by atoms with E-state index in [0.29, 0.717) is 4.90 Å². The van der Waals surface area contributed by atoms with E-state index in [1.165, 1.54) is 33.2 Å². The second-order valence-corrected chi connectivity index (χ2v) is 6.23. The molecule has 12 heteroatoms. The lowest BCUT2D eigenvalue weighted by Crippen LogP contribution is -2.40. The maximum Gasteiger partial charge on any atom is 0.425 e. The summed E-state index contributed by atoms with van der Waals surface area (Å²) in [6.07, 6.45) is -1.77. The number of urea groups is 1. The van der Waals surface area contributed by atoms with Gasteiger partial charge >= 0.3 is 12.2 Å². The molecule has 0 atom stereocenters. The van der Waals surface area contributed by atoms with Gasteiger partial charge in [0.15, 0.2) is 17.1 Å². The van der Waals surface area contributed by atoms with Crippen molar-refractivity contribution in [2.75, 3.05) is 12.0 Å². The molecule has 3 heterocycles. The summed E-state index contributed by atoms with van der Waals surface area (Å²) in [5, 5.41) is 2.30. The summed E-state index contributed by atoms with van der Waals surface area (Å²) < 4.78 is 51.5. The molecule has 9 nitrogen and oxygen atoms in total. The summed E-state index contributed by atoms with van der Waals surface area (Å²) in [6.45, 7) is 2.72. The molecule has 1 saturated heterocycles. The first-order valence-electron chi connectivity index (χ1n) is 7.80. The summed E-state index contributed by atoms with van der Waals surface area (Å²) in [7, 11) is 1.35. The lowest BCUT2D eigenvalue weighted by Gasteiger charge is -2.20. The average Bonchev–Trinajstić information content (AvgIpc) is 2.81. The van der Waals surface area contributed by atoms with E-state index in [9.17, 15) is 22.8 Å². The molecule has 0 aliphatic carbocycles. The van der Waals surface area contributed by atoms with Gasteiger partial charge in [0.25, 0.3) is 5.91 Å². The number of methoxy groups -OCH3 is 1. The molecule has 3 rings (SSSR count). The number of nitrogens with zero attached hydrogens (tertiary/aromatic N) is 4. The van der Waals surface area contributed by atoms with Gasteiger partial charge in [-0.1, -0.05) is 0 Å². The highest BCUT2D eigenvalue weighted by atomic mass is 19.4. The largest absolute Gasteiger partial charge is 0.495 e. The summed E-state index contributed by atoms with van der Waals surface area (Å²) in [6, 6.07) is 0.263. The molecule has 1 aliphatic rings. The Morgan fingerprint density at radius 3 is 2.39 bits per heavy atom. The van der Waals surface area contributed by atoms with Crippen LogP contribution in [0.1, 0.15) is 19.4 Å². The van der Waals surface area contributed by atoms with Crippen molar-refractivity contribution in [3.63, 3.8) is 0 Å². The minimum Gasteiger partial charge on any atom is -0.495 e. The Balaban J connectivity index is 2.11. The van der Waals surface area contributed by atoms with E-state index < -0.39 is 40.9 Å². The second kappa shape index (κ2) is 6.62. The number of anilines is 1. The van der Waals surface area contributed by atoms with Crippen molar-refractivity contribution in [1.82, 2.24) is 20.3 Å². The number of halogens is 3. The zero-order valence-corrected chi connectivity index (χ0v) is 14.9. The maximum atomic E-state index is 13.8. The number of hydrogen-bond donors (Lipinski definition) is 1. The Morgan fingerprint density at radius 2 is 1.82 bits per heavy atom. The van der Waals surface area contributed by atoms with Crippen LogP contribution in [0.5, 0.6) is 17.4 Å². The zero-order chi connectivity index (χ0) is 20.7. The molecule has 1 N–H and O–H groups in total. The lowest BCUT2D eigenvalue weighted by molar-refractivity contribution is -0.138. The average molecular weight is 397 g/mol. The minimum absolute atomic E-state index is 0.0907. The third-order valence-corrected chi connectivity index (χ3v) is 3.79. The van der Waals surface area contributed by atoms with Crippen LogP contribution in [0.2, 0.25) is 0 Å². The van der Waals surface area contributed by atoms with Gasteiger partial charge < -0.3 is 14.8 Å². The number of hydrogen-bond acceptors (Lipinski definition) is 7. The Labute approximate surface area is 156 Å². The Bertz CT molecular complexity index is 948. The van der Waals surface area contributed by atoms with Crippen LogP contribution in [0.25, 0.3) is 0 Å². The van der Waals surface area contributed by atoms with Crippen LogP contribution < -0.4 is 19.7 Å². The topological polar surface area (TPSA) is 107 Å². The van der Waals surface area contributed by atoms with Gasteiger partial charge in [-0.15, -0.1) is 0 Å². The fourth-order valence-electron chi connectivity index (χ4n) is 2.47. The molecule has 0 aromatic carbocycles. The summed E-state index contributed by atoms with van der Waals surface area (Å²) in [5.41, 5.74) is -2.86. The van der Waals surface area contributed by atoms with Crippen molar-refractivity contribution < 1.29 is 32.2 Å². The minimum atomic E-state index is -5.02. The molecule has 28 heavy (non-hydrogen) atoms. The molecular formula is C16H14F3N5O4. The van der Waals surface area contributed by atoms with Gasteiger partial charge in [-0.05, 0) is 13.8 Å². The van der Waals surface area contributed by atoms with Crippen LogP contribution in [-0.2, 0) is 11.0 Å². The number of pyridine rings is 1. The van der Waals surface area contributed by atoms with Crippen LogP contribution in [0.3, 0.4) is 0 Å². The third kappa shape index (κ3) is 3.40. The number of carbonyl (C=O) groups is 2. The standard InChI is InChI=1S/C16H14F3N5O4/c1-15(2)13(25)24(14(26)23-15)11-10(16(17,18)19)12(22-7-21-11)28-9-4-8(27-3)5-20-6-9/h4-7H,1-3H3,(H,23,26). The molecule has 148 valence electrons. The Morgan fingerprint density at radius 1 is 1.14 bits per heavy atom. The first-order valence-corrected chi connectivity index (χ1v) is 7.80. The molecule has 1 aliphatic heterocycles. The van der Waals surface area contributed by atoms with Crippen LogP contribution >= 0.6 is 0 Å². The Kier molecular flexibility index (Phi) is 4.57. The van der Waals surface area contributed by atoms with Crippen LogP contribution in [0.4, 0.5) is 23.8 Å². The number of alkyl halides is 3. The third-order valence-electron chi connectivity index (χ3n) is 3.79. The Hall–Kier alpha value is -3.44. The van der Waals surface area contributed by atoms with Gasteiger partial charge in [0.2, 0.25) is 5.88 Å². The number of ether oxygens (including phenoxy) is 2. The van der Waals surface area contributed by atoms with Crippen molar-refractivity contribution in [3.05, 3.63) is 30.4 Å². The zero-order valence-electron chi connectivity index (χ0n) is 14.9. The fourth-order valence-corrected chi connectivity index (χ4v) is 2.47. The van der Waals surface area contributed by atoms with Gasteiger partial charge in [-0.2, -0.15) is 13.2 Å². The SMILES string of the molecule is COc1cncc(Oc2ncnc(N3C(=O)NC(C)(C)C3=O)c2C(F)(F)F)c1. The molecule has 2 aromatic rings. The lowest BCUT2D eigenvalue weighted by atomic mass is 10.1. The number of carbonyl (C=O) groups excluding carboxylic acids is 2. The monoisotopic (exact) mass is 397 g/mol. The number of imide groups is 1. The first-order chi connectivity index (χ1) is 13.0. The van der Waals surface area contributed by atoms with Crippen molar-refractivity contribution in [2.45, 2.75) is 25.6 Å². The second-order valence-electron chi connectivity index (χ2n) is 6.23. The van der Waals surface area contributed by atoms with E-state index >= 15 is 0 Å². The molecule has 0 bridgehead atoms.